The van der Waals surface area contributed by atoms with Gasteiger partial charge in [-0.15, -0.1) is 0 Å². The summed E-state index contributed by atoms with van der Waals surface area (Å²) in [6.45, 7) is 8.73. The fourth-order valence-electron chi connectivity index (χ4n) is 4.17. The van der Waals surface area contributed by atoms with Crippen LogP contribution in [0, 0.1) is 0 Å². The molecule has 0 spiro atoms. The molecule has 35 heavy (non-hydrogen) atoms. The third-order valence-corrected chi connectivity index (χ3v) is 6.03. The Balaban J connectivity index is 1.37. The molecule has 1 saturated heterocycles. The standard InChI is InChI=1S/C26H32ClN5O3/c1-26(2,3)35-25(34)29-22(15-19-7-5-4-6-8-19)24(33)31-13-11-30(12-14-31)17-21-18-32-16-20(27)9-10-23(32)28-21/h4-10,16,18,22H,11-15,17H2,1-3H3,(H,29,34)/t22-/m0/s1. The number of imidazole rings is 1. The van der Waals surface area contributed by atoms with Crippen molar-refractivity contribution in [2.24, 2.45) is 0 Å². The van der Waals surface area contributed by atoms with Crippen molar-refractivity contribution in [3.63, 3.8) is 0 Å². The Kier molecular flexibility index (Phi) is 7.62. The fraction of sp³-hybridized carbons (Fsp3) is 0.423. The highest BCUT2D eigenvalue weighted by Crippen LogP contribution is 2.15. The molecule has 186 valence electrons. The zero-order valence-corrected chi connectivity index (χ0v) is 21.2. The van der Waals surface area contributed by atoms with Crippen LogP contribution in [-0.2, 0) is 22.5 Å². The van der Waals surface area contributed by atoms with E-state index in [9.17, 15) is 9.59 Å². The first-order chi connectivity index (χ1) is 16.7. The summed E-state index contributed by atoms with van der Waals surface area (Å²) in [6.07, 6.45) is 3.65. The summed E-state index contributed by atoms with van der Waals surface area (Å²) in [6, 6.07) is 12.7. The highest BCUT2D eigenvalue weighted by atomic mass is 35.5. The molecule has 0 bridgehead atoms. The predicted octanol–water partition coefficient (Wildman–Crippen LogP) is 3.77. The van der Waals surface area contributed by atoms with E-state index in [1.165, 1.54) is 0 Å². The summed E-state index contributed by atoms with van der Waals surface area (Å²) in [5.41, 5.74) is 2.16. The van der Waals surface area contributed by atoms with E-state index in [2.05, 4.69) is 15.2 Å². The van der Waals surface area contributed by atoms with Crippen molar-refractivity contribution in [1.29, 1.82) is 0 Å². The molecule has 3 heterocycles. The maximum atomic E-state index is 13.4. The number of hydrogen-bond donors (Lipinski definition) is 1. The molecule has 0 saturated carbocycles. The number of nitrogens with zero attached hydrogens (tertiary/aromatic N) is 4. The first kappa shape index (κ1) is 25.0. The first-order valence-electron chi connectivity index (χ1n) is 11.8. The minimum atomic E-state index is -0.693. The molecule has 1 atom stereocenters. The lowest BCUT2D eigenvalue weighted by atomic mass is 10.0. The van der Waals surface area contributed by atoms with Crippen molar-refractivity contribution in [2.75, 3.05) is 26.2 Å². The van der Waals surface area contributed by atoms with Gasteiger partial charge in [-0.3, -0.25) is 9.69 Å². The van der Waals surface area contributed by atoms with Gasteiger partial charge in [0.15, 0.2) is 0 Å². The largest absolute Gasteiger partial charge is 0.444 e. The van der Waals surface area contributed by atoms with E-state index in [1.807, 2.05) is 64.2 Å². The monoisotopic (exact) mass is 497 g/mol. The molecule has 8 nitrogen and oxygen atoms in total. The summed E-state index contributed by atoms with van der Waals surface area (Å²) in [5.74, 6) is -0.0956. The Hall–Kier alpha value is -3.10. The van der Waals surface area contributed by atoms with E-state index in [0.29, 0.717) is 31.1 Å². The van der Waals surface area contributed by atoms with Crippen molar-refractivity contribution >= 4 is 29.2 Å². The molecule has 2 aromatic heterocycles. The van der Waals surface area contributed by atoms with Crippen molar-refractivity contribution in [2.45, 2.75) is 45.4 Å². The van der Waals surface area contributed by atoms with Crippen molar-refractivity contribution < 1.29 is 14.3 Å². The molecule has 1 aliphatic rings. The minimum absolute atomic E-state index is 0.0956. The van der Waals surface area contributed by atoms with Crippen LogP contribution < -0.4 is 5.32 Å². The third kappa shape index (κ3) is 6.96. The molecule has 9 heteroatoms. The van der Waals surface area contributed by atoms with Gasteiger partial charge >= 0.3 is 6.09 Å². The van der Waals surface area contributed by atoms with Gasteiger partial charge in [0.05, 0.1) is 10.7 Å². The molecule has 0 aliphatic carbocycles. The number of nitrogens with one attached hydrogen (secondary N) is 1. The third-order valence-electron chi connectivity index (χ3n) is 5.81. The number of aromatic nitrogens is 2. The van der Waals surface area contributed by atoms with Crippen LogP contribution in [-0.4, -0.2) is 69.0 Å². The molecule has 0 unspecified atom stereocenters. The van der Waals surface area contributed by atoms with Crippen LogP contribution >= 0.6 is 11.6 Å². The van der Waals surface area contributed by atoms with Crippen LogP contribution in [0.3, 0.4) is 0 Å². The molecule has 2 amide bonds. The van der Waals surface area contributed by atoms with Gasteiger partial charge in [-0.25, -0.2) is 9.78 Å². The molecule has 0 radical (unpaired) electrons. The highest BCUT2D eigenvalue weighted by molar-refractivity contribution is 6.30. The number of alkyl carbamates (subject to hydrolysis) is 1. The Morgan fingerprint density at radius 3 is 2.46 bits per heavy atom. The second kappa shape index (κ2) is 10.7. The van der Waals surface area contributed by atoms with Crippen molar-refractivity contribution in [3.05, 3.63) is 71.1 Å². The lowest BCUT2D eigenvalue weighted by molar-refractivity contribution is -0.135. The van der Waals surface area contributed by atoms with Gasteiger partial charge in [-0.2, -0.15) is 0 Å². The fourth-order valence-corrected chi connectivity index (χ4v) is 4.34. The normalized spacial score (nSPS) is 15.7. The molecule has 4 rings (SSSR count). The molecule has 1 N–H and O–H groups in total. The van der Waals surface area contributed by atoms with Gasteiger partial charge in [-0.05, 0) is 38.5 Å². The van der Waals surface area contributed by atoms with Gasteiger partial charge in [0.2, 0.25) is 5.91 Å². The first-order valence-corrected chi connectivity index (χ1v) is 12.2. The molecule has 3 aromatic rings. The number of fused-ring (bicyclic) bond motifs is 1. The smallest absolute Gasteiger partial charge is 0.408 e. The van der Waals surface area contributed by atoms with Crippen LogP contribution in [0.25, 0.3) is 5.65 Å². The maximum Gasteiger partial charge on any atom is 0.408 e. The second-order valence-electron chi connectivity index (χ2n) is 9.83. The summed E-state index contributed by atoms with van der Waals surface area (Å²) in [4.78, 5) is 34.7. The Labute approximate surface area is 210 Å². The second-order valence-corrected chi connectivity index (χ2v) is 10.3. The quantitative estimate of drug-likeness (QED) is 0.561. The summed E-state index contributed by atoms with van der Waals surface area (Å²) < 4.78 is 7.34. The van der Waals surface area contributed by atoms with Gasteiger partial charge in [0.25, 0.3) is 0 Å². The van der Waals surface area contributed by atoms with Crippen LogP contribution in [0.1, 0.15) is 32.0 Å². The Morgan fingerprint density at radius 2 is 1.77 bits per heavy atom. The average molecular weight is 498 g/mol. The lowest BCUT2D eigenvalue weighted by Crippen LogP contribution is -2.55. The van der Waals surface area contributed by atoms with Crippen molar-refractivity contribution in [3.8, 4) is 0 Å². The summed E-state index contributed by atoms with van der Waals surface area (Å²) in [5, 5.41) is 3.47. The Morgan fingerprint density at radius 1 is 1.06 bits per heavy atom. The van der Waals surface area contributed by atoms with E-state index in [4.69, 9.17) is 16.3 Å². The summed E-state index contributed by atoms with van der Waals surface area (Å²) in [7, 11) is 0. The topological polar surface area (TPSA) is 79.2 Å². The maximum absolute atomic E-state index is 13.4. The number of halogens is 1. The average Bonchev–Trinajstić information content (AvgIpc) is 3.19. The van der Waals surface area contributed by atoms with E-state index < -0.39 is 17.7 Å². The van der Waals surface area contributed by atoms with Gasteiger partial charge in [0, 0.05) is 51.5 Å². The minimum Gasteiger partial charge on any atom is -0.444 e. The Bertz CT molecular complexity index is 1170. The van der Waals surface area contributed by atoms with Crippen LogP contribution in [0.15, 0.2) is 54.9 Å². The number of benzene rings is 1. The number of piperazine rings is 1. The number of carbonyl (C=O) groups excluding carboxylic acids is 2. The molecular weight excluding hydrogens is 466 g/mol. The van der Waals surface area contributed by atoms with Gasteiger partial charge in [0.1, 0.15) is 17.3 Å². The predicted molar refractivity (Wildman–Crippen MR) is 135 cm³/mol. The summed E-state index contributed by atoms with van der Waals surface area (Å²) >= 11 is 6.07. The van der Waals surface area contributed by atoms with E-state index in [0.717, 1.165) is 30.0 Å². The van der Waals surface area contributed by atoms with Crippen LogP contribution in [0.5, 0.6) is 0 Å². The van der Waals surface area contributed by atoms with Crippen molar-refractivity contribution in [1.82, 2.24) is 24.5 Å². The number of amides is 2. The number of hydrogen-bond acceptors (Lipinski definition) is 5. The zero-order valence-electron chi connectivity index (χ0n) is 20.4. The SMILES string of the molecule is CC(C)(C)OC(=O)N[C@@H](Cc1ccccc1)C(=O)N1CCN(Cc2cn3cc(Cl)ccc3n2)CC1. The molecular formula is C26H32ClN5O3. The van der Waals surface area contributed by atoms with Crippen LogP contribution in [0.4, 0.5) is 4.79 Å². The number of ether oxygens (including phenoxy) is 1. The highest BCUT2D eigenvalue weighted by Gasteiger charge is 2.30. The van der Waals surface area contributed by atoms with E-state index in [1.54, 1.807) is 20.8 Å². The zero-order chi connectivity index (χ0) is 25.0. The number of carbonyl (C=O) groups is 2. The van der Waals surface area contributed by atoms with E-state index >= 15 is 0 Å². The van der Waals surface area contributed by atoms with E-state index in [-0.39, 0.29) is 5.91 Å². The number of rotatable bonds is 6. The molecule has 1 aromatic carbocycles. The van der Waals surface area contributed by atoms with Gasteiger partial charge in [-0.1, -0.05) is 41.9 Å². The van der Waals surface area contributed by atoms with Gasteiger partial charge < -0.3 is 19.4 Å². The molecule has 1 aliphatic heterocycles. The number of pyridine rings is 1. The lowest BCUT2D eigenvalue weighted by Gasteiger charge is -2.36. The van der Waals surface area contributed by atoms with Crippen LogP contribution in [0.2, 0.25) is 5.02 Å². The molecule has 1 fully saturated rings.